The Morgan fingerprint density at radius 3 is 1.00 bits per heavy atom. The van der Waals surface area contributed by atoms with Crippen LogP contribution in [0.15, 0.2) is 128 Å². The Morgan fingerprint density at radius 2 is 0.682 bits per heavy atom. The van der Waals surface area contributed by atoms with Crippen LogP contribution in [0.3, 0.4) is 0 Å². The summed E-state index contributed by atoms with van der Waals surface area (Å²) in [7, 11) is 12.3. The Balaban J connectivity index is 0.000000144. The number of nitrogens with zero attached hydrogens (tertiary/aromatic N) is 9. The number of anilines is 3. The van der Waals surface area contributed by atoms with E-state index in [9.17, 15) is 10.2 Å². The zero-order chi connectivity index (χ0) is 60.3. The van der Waals surface area contributed by atoms with Crippen molar-refractivity contribution in [1.29, 1.82) is 0 Å². The monoisotopic (exact) mass is 1170 g/mol. The first-order valence-electron chi connectivity index (χ1n) is 29.7. The van der Waals surface area contributed by atoms with Gasteiger partial charge in [-0.3, -0.25) is 15.0 Å². The highest BCUT2D eigenvalue weighted by Gasteiger charge is 2.25. The SMILES string of the molecule is Cc1cc(-c2cc3ncccc3c(Cl)n2)ccc1N(C)C.Cc1cc(-c2cc3ncccc3c(OC3CCC(O)CC3)n2)ccc1N(C)C.Cc1cc(-c2cc3ncccc3c(OC3CCC(O)CC3)n2)ccc1N(C)C.OC1CCC(O)CC1. The second-order valence-electron chi connectivity index (χ2n) is 23.4. The fraction of sp³-hybridized carbons (Fsp3) is 0.391. The van der Waals surface area contributed by atoms with Gasteiger partial charge in [0.15, 0.2) is 0 Å². The van der Waals surface area contributed by atoms with Crippen LogP contribution in [0.1, 0.15) is 93.7 Å². The molecule has 0 saturated heterocycles. The standard InChI is InChI=1S/2C23H27N3O2.C17H16ClN3.C6H12O2/c2*1-15-13-16(6-11-22(15)26(2)3)20-14-21-19(5-4-12-24-21)23(25-20)28-18-9-7-17(27)8-10-18;1-11-9-12(6-7-16(11)21(2)3)14-10-15-13(17(18)20-14)5-4-8-19-15;7-5-1-2-6(8)4-3-5/h2*4-6,11-14,17-18,27H,7-10H2,1-3H3;4-10H,1-3H3;5-8H,1-4H2. The Labute approximate surface area is 505 Å². The molecule has 0 spiro atoms. The first-order chi connectivity index (χ1) is 40.9. The second-order valence-corrected chi connectivity index (χ2v) is 23.7. The number of aliphatic hydroxyl groups excluding tert-OH is 4. The first kappa shape index (κ1) is 62.0. The van der Waals surface area contributed by atoms with E-state index in [2.05, 4.69) is 110 Å². The molecule has 3 fully saturated rings. The van der Waals surface area contributed by atoms with Crippen LogP contribution in [0.4, 0.5) is 17.1 Å². The minimum Gasteiger partial charge on any atom is -0.474 e. The van der Waals surface area contributed by atoms with Gasteiger partial charge in [0.2, 0.25) is 11.8 Å². The van der Waals surface area contributed by atoms with Crippen molar-refractivity contribution in [1.82, 2.24) is 29.9 Å². The predicted octanol–water partition coefficient (Wildman–Crippen LogP) is 13.3. The summed E-state index contributed by atoms with van der Waals surface area (Å²) in [5, 5.41) is 40.6. The van der Waals surface area contributed by atoms with Gasteiger partial charge in [-0.05, 0) is 206 Å². The molecule has 4 N–H and O–H groups in total. The van der Waals surface area contributed by atoms with E-state index >= 15 is 0 Å². The van der Waals surface area contributed by atoms with Gasteiger partial charge in [-0.15, -0.1) is 0 Å². The molecule has 0 bridgehead atoms. The molecular formula is C69H82ClN9O6. The molecular weight excluding hydrogens is 1090 g/mol. The maximum Gasteiger partial charge on any atom is 0.223 e. The average molecular weight is 1170 g/mol. The van der Waals surface area contributed by atoms with E-state index in [1.54, 1.807) is 18.6 Å². The van der Waals surface area contributed by atoms with E-state index in [0.29, 0.717) is 16.9 Å². The lowest BCUT2D eigenvalue weighted by Gasteiger charge is -2.26. The summed E-state index contributed by atoms with van der Waals surface area (Å²) < 4.78 is 12.6. The average Bonchev–Trinajstić information content (AvgIpc) is 3.69. The molecule has 3 aromatic carbocycles. The number of rotatable bonds is 10. The Hall–Kier alpha value is -7.53. The molecule has 0 atom stereocenters. The van der Waals surface area contributed by atoms with Crippen molar-refractivity contribution < 1.29 is 29.9 Å². The fourth-order valence-electron chi connectivity index (χ4n) is 11.4. The molecule has 15 nitrogen and oxygen atoms in total. The highest BCUT2D eigenvalue weighted by Crippen LogP contribution is 2.36. The highest BCUT2D eigenvalue weighted by molar-refractivity contribution is 6.34. The number of pyridine rings is 6. The molecule has 16 heteroatoms. The normalized spacial score (nSPS) is 19.3. The van der Waals surface area contributed by atoms with Gasteiger partial charge in [-0.2, -0.15) is 0 Å². The zero-order valence-corrected chi connectivity index (χ0v) is 51.3. The van der Waals surface area contributed by atoms with E-state index in [1.807, 2.05) is 96.9 Å². The number of halogens is 1. The minimum absolute atomic E-state index is 0.0902. The number of hydrogen-bond acceptors (Lipinski definition) is 15. The number of aryl methyl sites for hydroxylation is 3. The first-order valence-corrected chi connectivity index (χ1v) is 30.1. The van der Waals surface area contributed by atoms with Crippen LogP contribution in [0.5, 0.6) is 11.8 Å². The van der Waals surface area contributed by atoms with E-state index in [1.165, 1.54) is 33.8 Å². The summed E-state index contributed by atoms with van der Waals surface area (Å²) >= 11 is 6.27. The van der Waals surface area contributed by atoms with Crippen molar-refractivity contribution in [2.45, 2.75) is 134 Å². The van der Waals surface area contributed by atoms with Crippen LogP contribution < -0.4 is 24.2 Å². The summed E-state index contributed by atoms with van der Waals surface area (Å²) in [6.45, 7) is 6.32. The molecule has 6 heterocycles. The Bertz CT molecular complexity index is 3520. The molecule has 0 aliphatic heterocycles. The number of fused-ring (bicyclic) bond motifs is 3. The smallest absolute Gasteiger partial charge is 0.223 e. The van der Waals surface area contributed by atoms with Crippen LogP contribution in [0.25, 0.3) is 66.5 Å². The predicted molar refractivity (Wildman–Crippen MR) is 345 cm³/mol. The summed E-state index contributed by atoms with van der Waals surface area (Å²) in [6.07, 6.45) is 14.5. The summed E-state index contributed by atoms with van der Waals surface area (Å²) in [5.74, 6) is 1.27. The van der Waals surface area contributed by atoms with Gasteiger partial charge in [0.25, 0.3) is 0 Å². The molecule has 12 rings (SSSR count). The van der Waals surface area contributed by atoms with Gasteiger partial charge in [0.1, 0.15) is 17.4 Å². The number of aromatic nitrogens is 6. The molecule has 0 radical (unpaired) electrons. The molecule has 9 aromatic rings. The summed E-state index contributed by atoms with van der Waals surface area (Å²) in [5.41, 5.74) is 15.6. The van der Waals surface area contributed by atoms with Crippen LogP contribution in [0, 0.1) is 20.8 Å². The number of hydrogen-bond donors (Lipinski definition) is 4. The molecule has 85 heavy (non-hydrogen) atoms. The lowest BCUT2D eigenvalue weighted by Crippen LogP contribution is -2.26. The zero-order valence-electron chi connectivity index (χ0n) is 50.6. The van der Waals surface area contributed by atoms with Gasteiger partial charge in [0.05, 0.1) is 68.8 Å². The number of ether oxygens (including phenoxy) is 2. The van der Waals surface area contributed by atoms with Crippen molar-refractivity contribution in [2.75, 3.05) is 57.0 Å². The third kappa shape index (κ3) is 16.1. The van der Waals surface area contributed by atoms with E-state index < -0.39 is 0 Å². The van der Waals surface area contributed by atoms with Gasteiger partial charge in [0, 0.05) is 100 Å². The lowest BCUT2D eigenvalue weighted by atomic mass is 9.95. The molecule has 3 aliphatic rings. The largest absolute Gasteiger partial charge is 0.474 e. The van der Waals surface area contributed by atoms with Crippen molar-refractivity contribution in [3.05, 3.63) is 150 Å². The second kappa shape index (κ2) is 28.6. The summed E-state index contributed by atoms with van der Waals surface area (Å²) in [6, 6.07) is 36.7. The van der Waals surface area contributed by atoms with Crippen LogP contribution in [-0.2, 0) is 0 Å². The van der Waals surface area contributed by atoms with Crippen molar-refractivity contribution in [2.24, 2.45) is 0 Å². The maximum atomic E-state index is 9.76. The van der Waals surface area contributed by atoms with Crippen molar-refractivity contribution in [3.63, 3.8) is 0 Å². The minimum atomic E-state index is -0.198. The van der Waals surface area contributed by atoms with E-state index in [-0.39, 0.29) is 36.6 Å². The molecule has 0 amide bonds. The molecule has 3 aliphatic carbocycles. The topological polar surface area (TPSA) is 186 Å². The van der Waals surface area contributed by atoms with Gasteiger partial charge >= 0.3 is 0 Å². The van der Waals surface area contributed by atoms with Crippen LogP contribution >= 0.6 is 11.6 Å². The van der Waals surface area contributed by atoms with E-state index in [4.69, 9.17) is 41.3 Å². The molecule has 3 saturated carbocycles. The third-order valence-corrected chi connectivity index (χ3v) is 16.4. The Kier molecular flexibility index (Phi) is 20.8. The van der Waals surface area contributed by atoms with Crippen molar-refractivity contribution >= 4 is 61.4 Å². The molecule has 6 aromatic heterocycles. The fourth-order valence-corrected chi connectivity index (χ4v) is 11.6. The van der Waals surface area contributed by atoms with Gasteiger partial charge in [-0.25, -0.2) is 15.0 Å². The van der Waals surface area contributed by atoms with Crippen LogP contribution in [0.2, 0.25) is 5.15 Å². The summed E-state index contributed by atoms with van der Waals surface area (Å²) in [4.78, 5) is 34.0. The lowest BCUT2D eigenvalue weighted by molar-refractivity contribution is 0.0541. The quantitative estimate of drug-likeness (QED) is 0.0947. The number of aliphatic hydroxyl groups is 4. The molecule has 0 unspecified atom stereocenters. The van der Waals surface area contributed by atoms with E-state index in [0.717, 1.165) is 144 Å². The highest BCUT2D eigenvalue weighted by atomic mass is 35.5. The third-order valence-electron chi connectivity index (χ3n) is 16.1. The van der Waals surface area contributed by atoms with Gasteiger partial charge in [-0.1, -0.05) is 29.8 Å². The van der Waals surface area contributed by atoms with Gasteiger partial charge < -0.3 is 44.6 Å². The Morgan fingerprint density at radius 1 is 0.388 bits per heavy atom. The maximum absolute atomic E-state index is 9.76. The number of benzene rings is 3. The molecule has 446 valence electrons. The van der Waals surface area contributed by atoms with Crippen LogP contribution in [-0.4, -0.2) is 129 Å². The van der Waals surface area contributed by atoms with Crippen molar-refractivity contribution in [3.8, 4) is 45.5 Å².